The Bertz CT molecular complexity index is 1560. The lowest BCUT2D eigenvalue weighted by molar-refractivity contribution is -0.165. The monoisotopic (exact) mass is 639 g/mol. The molecule has 3 aromatic rings. The number of hydrogen-bond donors (Lipinski definition) is 0. The Morgan fingerprint density at radius 1 is 1.20 bits per heavy atom. The van der Waals surface area contributed by atoms with E-state index in [1.807, 2.05) is 6.07 Å². The second-order valence-electron chi connectivity index (χ2n) is 11.4. The number of nitrogens with zero attached hydrogens (tertiary/aromatic N) is 4. The molecule has 0 spiro atoms. The molecular formula is C33H34F3N4O4S. The molecule has 8 nitrogen and oxygen atoms in total. The number of halogens is 3. The van der Waals surface area contributed by atoms with Gasteiger partial charge in [-0.05, 0) is 49.6 Å². The molecule has 0 amide bonds. The Kier molecular flexibility index (Phi) is 11.3. The number of carbonyl (C=O) groups is 1. The van der Waals surface area contributed by atoms with Crippen molar-refractivity contribution in [3.8, 4) is 6.07 Å². The molecule has 0 N–H and O–H groups in total. The third-order valence-corrected chi connectivity index (χ3v) is 8.35. The van der Waals surface area contributed by atoms with Crippen LogP contribution >= 0.6 is 11.8 Å². The molecule has 0 aliphatic carbocycles. The molecule has 0 saturated carbocycles. The van der Waals surface area contributed by atoms with Gasteiger partial charge >= 0.3 is 5.97 Å². The molecule has 1 saturated heterocycles. The quantitative estimate of drug-likeness (QED) is 0.166. The van der Waals surface area contributed by atoms with Crippen LogP contribution in [0.25, 0.3) is 6.08 Å². The predicted molar refractivity (Wildman–Crippen MR) is 164 cm³/mol. The number of nitriles is 1. The highest BCUT2D eigenvalue weighted by Crippen LogP contribution is 2.42. The second-order valence-corrected chi connectivity index (χ2v) is 13.1. The first kappa shape index (κ1) is 34.0. The fourth-order valence-corrected chi connectivity index (χ4v) is 6.12. The van der Waals surface area contributed by atoms with Crippen molar-refractivity contribution in [1.82, 2.24) is 14.8 Å². The number of hydrogen-bond acceptors (Lipinski definition) is 8. The molecule has 12 heteroatoms. The predicted octanol–water partition coefficient (Wildman–Crippen LogP) is 6.39. The van der Waals surface area contributed by atoms with E-state index >= 15 is 4.39 Å². The van der Waals surface area contributed by atoms with Gasteiger partial charge in [-0.3, -0.25) is 4.79 Å². The van der Waals surface area contributed by atoms with Crippen molar-refractivity contribution in [2.75, 3.05) is 13.2 Å². The van der Waals surface area contributed by atoms with Crippen molar-refractivity contribution >= 4 is 23.8 Å². The van der Waals surface area contributed by atoms with Gasteiger partial charge in [-0.15, -0.1) is 11.8 Å². The SMILES string of the molecule is [CH2]C(C)(C)CC(=O)O[C@@](Cn1cncn1)(c1ccc(F)cc1F)[C@@H](C)S[C@H]1CO[C@H](/C=C/C=C/c2ccc(C#N)cc2F)OC1. The summed E-state index contributed by atoms with van der Waals surface area (Å²) in [4.78, 5) is 17.2. The maximum atomic E-state index is 15.5. The average Bonchev–Trinajstić information content (AvgIpc) is 3.48. The lowest BCUT2D eigenvalue weighted by Gasteiger charge is -2.41. The molecule has 4 rings (SSSR count). The highest BCUT2D eigenvalue weighted by atomic mass is 32.2. The maximum absolute atomic E-state index is 15.5. The summed E-state index contributed by atoms with van der Waals surface area (Å²) >= 11 is 1.38. The summed E-state index contributed by atoms with van der Waals surface area (Å²) in [6, 6.07) is 9.29. The Hall–Kier alpha value is -3.92. The third kappa shape index (κ3) is 9.29. The smallest absolute Gasteiger partial charge is 0.307 e. The second kappa shape index (κ2) is 14.9. The van der Waals surface area contributed by atoms with E-state index in [1.54, 1.807) is 45.1 Å². The van der Waals surface area contributed by atoms with Crippen LogP contribution in [0.15, 0.2) is 67.3 Å². The van der Waals surface area contributed by atoms with Gasteiger partial charge in [0.2, 0.25) is 0 Å². The molecule has 0 bridgehead atoms. The van der Waals surface area contributed by atoms with Gasteiger partial charge in [0.15, 0.2) is 11.9 Å². The summed E-state index contributed by atoms with van der Waals surface area (Å²) in [5, 5.41) is 12.2. The standard InChI is InChI=1S/C33H34F3N4O4S/c1-22(45-26-17-42-31(43-18-26)8-6-5-7-24-10-9-23(16-37)13-28(24)35)33(19-40-21-38-20-39-40,44-30(41)15-32(2,3)4)27-12-11-25(34)14-29(27)36/h5-14,20-22,26,31H,2,15,17-19H2,1,3-4H3/b7-5+,8-6+/t22-,26-,31-,33-/m1/s1. The number of allylic oxidation sites excluding steroid dienone is 2. The molecule has 1 radical (unpaired) electrons. The van der Waals surface area contributed by atoms with Crippen LogP contribution < -0.4 is 0 Å². The van der Waals surface area contributed by atoms with Crippen molar-refractivity contribution in [3.05, 3.63) is 108 Å². The number of esters is 1. The molecule has 1 fully saturated rings. The average molecular weight is 640 g/mol. The van der Waals surface area contributed by atoms with Crippen LogP contribution in [-0.4, -0.2) is 50.7 Å². The fourth-order valence-electron chi connectivity index (χ4n) is 4.76. The summed E-state index contributed by atoms with van der Waals surface area (Å²) < 4.78 is 62.9. The van der Waals surface area contributed by atoms with Gasteiger partial charge in [-0.1, -0.05) is 38.1 Å². The number of rotatable bonds is 12. The number of carbonyl (C=O) groups excluding carboxylic acids is 1. The van der Waals surface area contributed by atoms with Crippen LogP contribution in [0.1, 0.15) is 43.9 Å². The van der Waals surface area contributed by atoms with Gasteiger partial charge in [0, 0.05) is 22.4 Å². The van der Waals surface area contributed by atoms with Crippen molar-refractivity contribution < 1.29 is 32.2 Å². The van der Waals surface area contributed by atoms with E-state index in [0.717, 1.165) is 12.1 Å². The van der Waals surface area contributed by atoms with Crippen molar-refractivity contribution in [1.29, 1.82) is 5.26 Å². The first-order valence-corrected chi connectivity index (χ1v) is 15.1. The van der Waals surface area contributed by atoms with E-state index in [2.05, 4.69) is 17.0 Å². The molecule has 2 aromatic carbocycles. The molecule has 1 aromatic heterocycles. The largest absolute Gasteiger partial charge is 0.451 e. The summed E-state index contributed by atoms with van der Waals surface area (Å²) in [7, 11) is 0. The zero-order chi connectivity index (χ0) is 32.6. The molecule has 237 valence electrons. The summed E-state index contributed by atoms with van der Waals surface area (Å²) in [5.74, 6) is -2.72. The first-order valence-electron chi connectivity index (χ1n) is 14.2. The molecule has 2 atom stereocenters. The summed E-state index contributed by atoms with van der Waals surface area (Å²) in [6.45, 7) is 9.80. The number of benzene rings is 2. The Labute approximate surface area is 264 Å². The van der Waals surface area contributed by atoms with Gasteiger partial charge in [0.25, 0.3) is 0 Å². The Balaban J connectivity index is 1.49. The zero-order valence-electron chi connectivity index (χ0n) is 25.2. The van der Waals surface area contributed by atoms with E-state index in [4.69, 9.17) is 19.5 Å². The van der Waals surface area contributed by atoms with Gasteiger partial charge in [-0.2, -0.15) is 10.4 Å². The molecule has 45 heavy (non-hydrogen) atoms. The maximum Gasteiger partial charge on any atom is 0.307 e. The minimum absolute atomic E-state index is 0.00133. The van der Waals surface area contributed by atoms with Crippen LogP contribution in [0.4, 0.5) is 13.2 Å². The first-order chi connectivity index (χ1) is 21.4. The van der Waals surface area contributed by atoms with Crippen molar-refractivity contribution in [2.24, 2.45) is 5.41 Å². The van der Waals surface area contributed by atoms with Gasteiger partial charge in [0.1, 0.15) is 30.1 Å². The molecule has 1 aliphatic heterocycles. The third-order valence-electron chi connectivity index (χ3n) is 6.90. The summed E-state index contributed by atoms with van der Waals surface area (Å²) in [6.07, 6.45) is 8.60. The molecule has 0 unspecified atom stereocenters. The van der Waals surface area contributed by atoms with Gasteiger partial charge in [-0.25, -0.2) is 22.8 Å². The van der Waals surface area contributed by atoms with E-state index in [1.165, 1.54) is 53.4 Å². The lowest BCUT2D eigenvalue weighted by Crippen LogP contribution is -2.47. The highest BCUT2D eigenvalue weighted by Gasteiger charge is 2.47. The van der Waals surface area contributed by atoms with Crippen LogP contribution in [0.5, 0.6) is 0 Å². The minimum Gasteiger partial charge on any atom is -0.451 e. The van der Waals surface area contributed by atoms with Crippen LogP contribution in [0, 0.1) is 41.1 Å². The van der Waals surface area contributed by atoms with E-state index in [0.29, 0.717) is 5.56 Å². The Morgan fingerprint density at radius 2 is 1.96 bits per heavy atom. The van der Waals surface area contributed by atoms with Gasteiger partial charge in [0.05, 0.1) is 43.1 Å². The minimum atomic E-state index is -1.61. The number of ether oxygens (including phenoxy) is 3. The van der Waals surface area contributed by atoms with Crippen LogP contribution in [0.2, 0.25) is 0 Å². The zero-order valence-corrected chi connectivity index (χ0v) is 26.0. The number of thioether (sulfide) groups is 1. The van der Waals surface area contributed by atoms with E-state index in [-0.39, 0.29) is 42.6 Å². The summed E-state index contributed by atoms with van der Waals surface area (Å²) in [5.41, 5.74) is -1.68. The Morgan fingerprint density at radius 3 is 2.58 bits per heavy atom. The van der Waals surface area contributed by atoms with E-state index < -0.39 is 46.0 Å². The van der Waals surface area contributed by atoms with Crippen LogP contribution in [-0.2, 0) is 31.2 Å². The normalized spacial score (nSPS) is 19.3. The highest BCUT2D eigenvalue weighted by molar-refractivity contribution is 8.00. The topological polar surface area (TPSA) is 99.3 Å². The van der Waals surface area contributed by atoms with E-state index in [9.17, 15) is 13.6 Å². The fraction of sp³-hybridized carbons (Fsp3) is 0.364. The lowest BCUT2D eigenvalue weighted by atomic mass is 9.88. The van der Waals surface area contributed by atoms with Crippen LogP contribution in [0.3, 0.4) is 0 Å². The molecular weight excluding hydrogens is 605 g/mol. The van der Waals surface area contributed by atoms with Gasteiger partial charge < -0.3 is 14.2 Å². The molecule has 2 heterocycles. The van der Waals surface area contributed by atoms with Crippen molar-refractivity contribution in [2.45, 2.75) is 56.1 Å². The van der Waals surface area contributed by atoms with Crippen molar-refractivity contribution in [3.63, 3.8) is 0 Å². The number of aromatic nitrogens is 3. The molecule has 1 aliphatic rings.